The maximum absolute atomic E-state index is 11.3. The van der Waals surface area contributed by atoms with E-state index in [0.717, 1.165) is 12.8 Å². The van der Waals surface area contributed by atoms with Gasteiger partial charge in [0.25, 0.3) is 0 Å². The van der Waals surface area contributed by atoms with Crippen LogP contribution in [0.3, 0.4) is 0 Å². The van der Waals surface area contributed by atoms with E-state index >= 15 is 0 Å². The Kier molecular flexibility index (Phi) is 19.9. The molecule has 0 fully saturated rings. The Morgan fingerprint density at radius 2 is 1.33 bits per heavy atom. The van der Waals surface area contributed by atoms with Crippen LogP contribution in [0.2, 0.25) is 0 Å². The maximum Gasteiger partial charge on any atom is 0.325 e. The van der Waals surface area contributed by atoms with Crippen molar-refractivity contribution in [3.63, 3.8) is 0 Å². The fourth-order valence-corrected chi connectivity index (χ4v) is 2.83. The van der Waals surface area contributed by atoms with Crippen LogP contribution >= 0.6 is 0 Å². The average molecular weight is 383 g/mol. The fourth-order valence-electron chi connectivity index (χ4n) is 2.83. The lowest BCUT2D eigenvalue weighted by atomic mass is 10.1. The van der Waals surface area contributed by atoms with Gasteiger partial charge in [0.2, 0.25) is 5.91 Å². The molecular formula is C22H42N2O3. The van der Waals surface area contributed by atoms with Crippen molar-refractivity contribution in [2.24, 2.45) is 5.73 Å². The van der Waals surface area contributed by atoms with Crippen molar-refractivity contribution in [1.29, 1.82) is 0 Å². The molecule has 0 bridgehead atoms. The highest BCUT2D eigenvalue weighted by molar-refractivity contribution is 5.82. The normalized spacial score (nSPS) is 11.0. The Morgan fingerprint density at radius 3 is 1.89 bits per heavy atom. The lowest BCUT2D eigenvalue weighted by Gasteiger charge is -2.05. The molecule has 0 aliphatic heterocycles. The molecule has 0 aromatic carbocycles. The minimum absolute atomic E-state index is 0.0948. The summed E-state index contributed by atoms with van der Waals surface area (Å²) in [5.41, 5.74) is 5.13. The third-order valence-corrected chi connectivity index (χ3v) is 4.53. The molecule has 0 heterocycles. The first kappa shape index (κ1) is 25.6. The van der Waals surface area contributed by atoms with Crippen LogP contribution in [-0.2, 0) is 14.3 Å². The number of nitrogens with two attached hydrogens (primary N) is 1. The number of amides is 1. The quantitative estimate of drug-likeness (QED) is 0.194. The molecule has 1 amide bonds. The summed E-state index contributed by atoms with van der Waals surface area (Å²) in [7, 11) is 0. The average Bonchev–Trinajstić information content (AvgIpc) is 2.68. The highest BCUT2D eigenvalue weighted by Gasteiger charge is 2.04. The van der Waals surface area contributed by atoms with Crippen molar-refractivity contribution in [3.05, 3.63) is 12.2 Å². The zero-order valence-electron chi connectivity index (χ0n) is 17.5. The molecule has 0 aliphatic rings. The highest BCUT2D eigenvalue weighted by Crippen LogP contribution is 2.09. The second kappa shape index (κ2) is 20.9. The molecule has 5 heteroatoms. The number of rotatable bonds is 19. The molecular weight excluding hydrogens is 340 g/mol. The minimum atomic E-state index is -0.399. The Morgan fingerprint density at radius 1 is 0.815 bits per heavy atom. The molecule has 3 N–H and O–H groups in total. The molecule has 0 radical (unpaired) electrons. The highest BCUT2D eigenvalue weighted by atomic mass is 16.5. The molecule has 5 nitrogen and oxygen atoms in total. The molecule has 158 valence electrons. The van der Waals surface area contributed by atoms with E-state index in [1.807, 2.05) is 0 Å². The van der Waals surface area contributed by atoms with E-state index in [9.17, 15) is 9.59 Å². The van der Waals surface area contributed by atoms with Crippen LogP contribution in [0.1, 0.15) is 96.8 Å². The van der Waals surface area contributed by atoms with Gasteiger partial charge in [-0.15, -0.1) is 0 Å². The number of ether oxygens (including phenoxy) is 1. The molecule has 0 spiro atoms. The van der Waals surface area contributed by atoms with Crippen LogP contribution in [0.4, 0.5) is 0 Å². The Balaban J connectivity index is 3.21. The predicted octanol–water partition coefficient (Wildman–Crippen LogP) is 4.64. The summed E-state index contributed by atoms with van der Waals surface area (Å²) in [6.45, 7) is 2.48. The molecule has 0 unspecified atom stereocenters. The van der Waals surface area contributed by atoms with E-state index in [1.54, 1.807) is 0 Å². The van der Waals surface area contributed by atoms with Gasteiger partial charge in [-0.1, -0.05) is 76.9 Å². The van der Waals surface area contributed by atoms with Gasteiger partial charge in [0.1, 0.15) is 6.54 Å². The van der Waals surface area contributed by atoms with Gasteiger partial charge in [0, 0.05) is 0 Å². The van der Waals surface area contributed by atoms with E-state index in [4.69, 9.17) is 10.5 Å². The fraction of sp³-hybridized carbons (Fsp3) is 0.818. The molecule has 0 aliphatic carbocycles. The molecule has 0 saturated heterocycles. The van der Waals surface area contributed by atoms with E-state index in [-0.39, 0.29) is 19.0 Å². The molecule has 27 heavy (non-hydrogen) atoms. The van der Waals surface area contributed by atoms with Gasteiger partial charge in [0.05, 0.1) is 13.2 Å². The monoisotopic (exact) mass is 382 g/mol. The van der Waals surface area contributed by atoms with E-state index in [0.29, 0.717) is 6.61 Å². The van der Waals surface area contributed by atoms with Crippen LogP contribution in [-0.4, -0.2) is 31.6 Å². The van der Waals surface area contributed by atoms with Gasteiger partial charge in [0.15, 0.2) is 0 Å². The number of hydrogen-bond acceptors (Lipinski definition) is 4. The number of allylic oxidation sites excluding steroid dienone is 2. The van der Waals surface area contributed by atoms with Gasteiger partial charge >= 0.3 is 5.97 Å². The Bertz CT molecular complexity index is 384. The first-order chi connectivity index (χ1) is 13.2. The van der Waals surface area contributed by atoms with E-state index < -0.39 is 5.97 Å². The standard InChI is InChI=1S/C22H42N2O3/c1-2-3-4-5-6-7-8-9-10-11-12-13-14-15-16-17-18-27-22(26)20-24-21(25)19-23/h9-10H,2-8,11-20,23H2,1H3,(H,24,25). The second-order valence-corrected chi connectivity index (χ2v) is 7.14. The van der Waals surface area contributed by atoms with Crippen LogP contribution < -0.4 is 11.1 Å². The third-order valence-electron chi connectivity index (χ3n) is 4.53. The molecule has 0 saturated carbocycles. The van der Waals surface area contributed by atoms with Crippen LogP contribution in [0.25, 0.3) is 0 Å². The molecule has 0 rings (SSSR count). The zero-order valence-corrected chi connectivity index (χ0v) is 17.5. The van der Waals surface area contributed by atoms with Crippen LogP contribution in [0, 0.1) is 0 Å². The summed E-state index contributed by atoms with van der Waals surface area (Å²) in [6.07, 6.45) is 22.3. The van der Waals surface area contributed by atoms with Crippen LogP contribution in [0.5, 0.6) is 0 Å². The van der Waals surface area contributed by atoms with Crippen molar-refractivity contribution in [2.75, 3.05) is 19.7 Å². The lowest BCUT2D eigenvalue weighted by Crippen LogP contribution is -2.35. The van der Waals surface area contributed by atoms with Crippen molar-refractivity contribution in [2.45, 2.75) is 96.8 Å². The Labute approximate surface area is 166 Å². The van der Waals surface area contributed by atoms with E-state index in [2.05, 4.69) is 24.4 Å². The number of unbranched alkanes of at least 4 members (excludes halogenated alkanes) is 12. The number of esters is 1. The van der Waals surface area contributed by atoms with Gasteiger partial charge in [-0.3, -0.25) is 9.59 Å². The molecule has 0 aromatic heterocycles. The number of carbonyl (C=O) groups is 2. The summed E-state index contributed by atoms with van der Waals surface area (Å²) >= 11 is 0. The summed E-state index contributed by atoms with van der Waals surface area (Å²) in [5.74, 6) is -0.742. The van der Waals surface area contributed by atoms with E-state index in [1.165, 1.54) is 77.0 Å². The van der Waals surface area contributed by atoms with Gasteiger partial charge in [-0.25, -0.2) is 0 Å². The minimum Gasteiger partial charge on any atom is -0.464 e. The predicted molar refractivity (Wildman–Crippen MR) is 112 cm³/mol. The smallest absolute Gasteiger partial charge is 0.325 e. The Hall–Kier alpha value is -1.36. The SMILES string of the molecule is CCCCCCCCC=CCCCCCCCCOC(=O)CNC(=O)CN. The third kappa shape index (κ3) is 20.8. The first-order valence-corrected chi connectivity index (χ1v) is 11.0. The summed E-state index contributed by atoms with van der Waals surface area (Å²) in [4.78, 5) is 22.2. The summed E-state index contributed by atoms with van der Waals surface area (Å²) in [6, 6.07) is 0. The number of hydrogen-bond donors (Lipinski definition) is 2. The van der Waals surface area contributed by atoms with Gasteiger partial charge in [-0.2, -0.15) is 0 Å². The number of carbonyl (C=O) groups excluding carboxylic acids is 2. The first-order valence-electron chi connectivity index (χ1n) is 11.0. The molecule has 0 atom stereocenters. The van der Waals surface area contributed by atoms with Crippen molar-refractivity contribution < 1.29 is 14.3 Å². The van der Waals surface area contributed by atoms with Crippen LogP contribution in [0.15, 0.2) is 12.2 Å². The van der Waals surface area contributed by atoms with Crippen molar-refractivity contribution in [1.82, 2.24) is 5.32 Å². The number of nitrogens with one attached hydrogen (secondary N) is 1. The van der Waals surface area contributed by atoms with Gasteiger partial charge in [-0.05, 0) is 32.1 Å². The second-order valence-electron chi connectivity index (χ2n) is 7.14. The maximum atomic E-state index is 11.3. The summed E-state index contributed by atoms with van der Waals surface area (Å²) in [5, 5.41) is 2.39. The van der Waals surface area contributed by atoms with Crippen molar-refractivity contribution >= 4 is 11.9 Å². The van der Waals surface area contributed by atoms with Gasteiger partial charge < -0.3 is 15.8 Å². The summed E-state index contributed by atoms with van der Waals surface area (Å²) < 4.78 is 5.05. The topological polar surface area (TPSA) is 81.4 Å². The largest absolute Gasteiger partial charge is 0.464 e. The van der Waals surface area contributed by atoms with Crippen molar-refractivity contribution in [3.8, 4) is 0 Å². The molecule has 0 aromatic rings. The lowest BCUT2D eigenvalue weighted by molar-refractivity contribution is -0.143. The zero-order chi connectivity index (χ0) is 20.0.